The highest BCUT2D eigenvalue weighted by atomic mass is 16.6. The molecule has 37 heavy (non-hydrogen) atoms. The third-order valence-electron chi connectivity index (χ3n) is 7.17. The molecule has 9 nitrogen and oxygen atoms in total. The number of non-ortho nitro benzene ring substituents is 1. The molecule has 1 fully saturated rings. The number of piperidine rings is 1. The van der Waals surface area contributed by atoms with E-state index in [1.54, 1.807) is 19.9 Å². The number of nitro benzene ring substituents is 1. The van der Waals surface area contributed by atoms with Crippen molar-refractivity contribution >= 4 is 17.6 Å². The van der Waals surface area contributed by atoms with Gasteiger partial charge in [-0.15, -0.1) is 0 Å². The zero-order valence-corrected chi connectivity index (χ0v) is 21.3. The summed E-state index contributed by atoms with van der Waals surface area (Å²) < 4.78 is 6.75. The summed E-state index contributed by atoms with van der Waals surface area (Å²) in [6.45, 7) is 5.74. The molecule has 0 radical (unpaired) electrons. The number of carboxylic acids is 1. The molecule has 2 aliphatic heterocycles. The summed E-state index contributed by atoms with van der Waals surface area (Å²) in [6, 6.07) is 15.9. The van der Waals surface area contributed by atoms with Crippen LogP contribution in [0.1, 0.15) is 43.7 Å². The van der Waals surface area contributed by atoms with Crippen LogP contribution in [0.25, 0.3) is 0 Å². The van der Waals surface area contributed by atoms with Crippen LogP contribution < -0.4 is 5.32 Å². The van der Waals surface area contributed by atoms with Crippen LogP contribution in [0.15, 0.2) is 77.1 Å². The number of nitrogens with one attached hydrogen (secondary N) is 1. The molecule has 2 aliphatic rings. The van der Waals surface area contributed by atoms with E-state index < -0.39 is 22.8 Å². The van der Waals surface area contributed by atoms with Gasteiger partial charge < -0.3 is 19.6 Å². The SMILES string of the molecule is CC1=C(C(=O)O)[C@H](c2cccc([N+](=O)[O-])c2)C(C(=O)O[C@@H]2CCC[N@@+](C)(Cc3ccccc3)C2)=C(C)N1. The van der Waals surface area contributed by atoms with Gasteiger partial charge in [0.1, 0.15) is 13.1 Å². The van der Waals surface area contributed by atoms with Gasteiger partial charge in [-0.1, -0.05) is 42.5 Å². The van der Waals surface area contributed by atoms with Crippen LogP contribution in [0.2, 0.25) is 0 Å². The monoisotopic (exact) mass is 506 g/mol. The number of aliphatic carboxylic acids is 1. The number of esters is 1. The number of carbonyl (C=O) groups excluding carboxylic acids is 1. The Morgan fingerprint density at radius 3 is 2.49 bits per heavy atom. The van der Waals surface area contributed by atoms with E-state index >= 15 is 0 Å². The Morgan fingerprint density at radius 1 is 1.11 bits per heavy atom. The van der Waals surface area contributed by atoms with Crippen LogP contribution in [-0.4, -0.2) is 52.7 Å². The second kappa shape index (κ2) is 10.6. The zero-order valence-electron chi connectivity index (χ0n) is 21.3. The normalized spacial score (nSPS) is 23.9. The first-order chi connectivity index (χ1) is 17.6. The van der Waals surface area contributed by atoms with Gasteiger partial charge in [0.15, 0.2) is 6.10 Å². The van der Waals surface area contributed by atoms with E-state index in [2.05, 4.69) is 24.5 Å². The molecule has 0 saturated carbocycles. The number of nitro groups is 1. The van der Waals surface area contributed by atoms with Gasteiger partial charge in [0, 0.05) is 35.5 Å². The zero-order chi connectivity index (χ0) is 26.7. The highest BCUT2D eigenvalue weighted by Gasteiger charge is 2.40. The van der Waals surface area contributed by atoms with Crippen LogP contribution in [0.3, 0.4) is 0 Å². The average Bonchev–Trinajstić information content (AvgIpc) is 2.83. The quantitative estimate of drug-likeness (QED) is 0.249. The van der Waals surface area contributed by atoms with Crippen LogP contribution in [0, 0.1) is 10.1 Å². The number of dihydropyridines is 1. The molecule has 0 amide bonds. The third-order valence-corrected chi connectivity index (χ3v) is 7.17. The lowest BCUT2D eigenvalue weighted by atomic mass is 9.80. The van der Waals surface area contributed by atoms with Gasteiger partial charge in [0.2, 0.25) is 0 Å². The summed E-state index contributed by atoms with van der Waals surface area (Å²) in [6.07, 6.45) is 1.28. The van der Waals surface area contributed by atoms with Crippen molar-refractivity contribution in [2.24, 2.45) is 0 Å². The number of carboxylic acid groups (broad SMARTS) is 1. The largest absolute Gasteiger partial charge is 0.478 e. The van der Waals surface area contributed by atoms with Crippen LogP contribution in [0.4, 0.5) is 5.69 Å². The van der Waals surface area contributed by atoms with E-state index in [0.717, 1.165) is 30.4 Å². The Bertz CT molecular complexity index is 1290. The maximum atomic E-state index is 13.6. The summed E-state index contributed by atoms with van der Waals surface area (Å²) in [5.74, 6) is -2.81. The van der Waals surface area contributed by atoms with E-state index in [0.29, 0.717) is 23.5 Å². The summed E-state index contributed by atoms with van der Waals surface area (Å²) in [4.78, 5) is 36.8. The third kappa shape index (κ3) is 5.72. The van der Waals surface area contributed by atoms with E-state index in [4.69, 9.17) is 4.74 Å². The minimum absolute atomic E-state index is 0.0358. The number of quaternary nitrogens is 1. The number of carbonyl (C=O) groups is 2. The fourth-order valence-corrected chi connectivity index (χ4v) is 5.55. The Hall–Kier alpha value is -3.98. The van der Waals surface area contributed by atoms with Gasteiger partial charge in [-0.05, 0) is 25.8 Å². The number of nitrogens with zero attached hydrogens (tertiary/aromatic N) is 2. The predicted octanol–water partition coefficient (Wildman–Crippen LogP) is 4.27. The Balaban J connectivity index is 1.62. The van der Waals surface area contributed by atoms with Crippen molar-refractivity contribution in [2.45, 2.75) is 45.3 Å². The van der Waals surface area contributed by atoms with Gasteiger partial charge in [0.05, 0.1) is 35.6 Å². The molecular weight excluding hydrogens is 474 g/mol. The highest BCUT2D eigenvalue weighted by molar-refractivity contribution is 5.99. The van der Waals surface area contributed by atoms with Gasteiger partial charge in [-0.25, -0.2) is 9.59 Å². The fourth-order valence-electron chi connectivity index (χ4n) is 5.55. The molecule has 0 aromatic heterocycles. The number of likely N-dealkylation sites (tertiary alicyclic amines) is 1. The molecule has 0 aliphatic carbocycles. The average molecular weight is 507 g/mol. The first-order valence-electron chi connectivity index (χ1n) is 12.3. The first-order valence-corrected chi connectivity index (χ1v) is 12.3. The van der Waals surface area contributed by atoms with Crippen molar-refractivity contribution in [1.29, 1.82) is 0 Å². The summed E-state index contributed by atoms with van der Waals surface area (Å²) in [7, 11) is 2.15. The van der Waals surface area contributed by atoms with Crippen LogP contribution in [0.5, 0.6) is 0 Å². The van der Waals surface area contributed by atoms with E-state index in [-0.39, 0.29) is 22.9 Å². The summed E-state index contributed by atoms with van der Waals surface area (Å²) in [5.41, 5.74) is 2.36. The Morgan fingerprint density at radius 2 is 1.81 bits per heavy atom. The molecule has 9 heteroatoms. The Labute approximate surface area is 215 Å². The number of hydrogen-bond acceptors (Lipinski definition) is 6. The standard InChI is InChI=1S/C28H31N3O6/c1-18-24(27(32)33)26(21-11-7-12-22(15-21)30(35)36)25(19(2)29-18)28(34)37-23-13-8-14-31(3,17-23)16-20-9-5-4-6-10-20/h4-7,9-12,15,23,26H,8,13-14,16-17H2,1-3H3,(H-,29,32,33,34)/p+1/t23-,26+,31+/m1/s1. The van der Waals surface area contributed by atoms with Gasteiger partial charge in [0.25, 0.3) is 5.69 Å². The highest BCUT2D eigenvalue weighted by Crippen LogP contribution is 2.40. The fraction of sp³-hybridized carbons (Fsp3) is 0.357. The maximum absolute atomic E-state index is 13.6. The molecule has 0 bridgehead atoms. The van der Waals surface area contributed by atoms with Crippen molar-refractivity contribution in [3.8, 4) is 0 Å². The Kier molecular flexibility index (Phi) is 7.45. The number of allylic oxidation sites excluding steroid dienone is 2. The number of hydrogen-bond donors (Lipinski definition) is 2. The molecule has 194 valence electrons. The topological polar surface area (TPSA) is 119 Å². The molecular formula is C28H32N3O6+. The van der Waals surface area contributed by atoms with E-state index in [1.165, 1.54) is 23.8 Å². The summed E-state index contributed by atoms with van der Waals surface area (Å²) in [5, 5.41) is 24.4. The maximum Gasteiger partial charge on any atom is 0.337 e. The van der Waals surface area contributed by atoms with Gasteiger partial charge in [-0.3, -0.25) is 10.1 Å². The molecule has 0 spiro atoms. The van der Waals surface area contributed by atoms with Crippen molar-refractivity contribution in [2.75, 3.05) is 20.1 Å². The van der Waals surface area contributed by atoms with Gasteiger partial charge in [-0.2, -0.15) is 0 Å². The molecule has 2 heterocycles. The molecule has 0 unspecified atom stereocenters. The second-order valence-corrected chi connectivity index (χ2v) is 10.1. The molecule has 4 rings (SSSR count). The number of rotatable bonds is 7. The molecule has 2 aromatic carbocycles. The van der Waals surface area contributed by atoms with E-state index in [1.807, 2.05) is 18.2 Å². The van der Waals surface area contributed by atoms with Crippen LogP contribution >= 0.6 is 0 Å². The van der Waals surface area contributed by atoms with Crippen molar-refractivity contribution in [3.63, 3.8) is 0 Å². The predicted molar refractivity (Wildman–Crippen MR) is 137 cm³/mol. The van der Waals surface area contributed by atoms with Crippen molar-refractivity contribution < 1.29 is 28.8 Å². The minimum atomic E-state index is -1.20. The lowest BCUT2D eigenvalue weighted by molar-refractivity contribution is -0.929. The number of likely N-dealkylation sites (N-methyl/N-ethyl adjacent to an activating group) is 1. The minimum Gasteiger partial charge on any atom is -0.478 e. The summed E-state index contributed by atoms with van der Waals surface area (Å²) >= 11 is 0. The molecule has 1 saturated heterocycles. The number of ether oxygens (including phenoxy) is 1. The smallest absolute Gasteiger partial charge is 0.337 e. The first kappa shape index (κ1) is 26.1. The molecule has 2 aromatic rings. The molecule has 3 atom stereocenters. The number of benzene rings is 2. The van der Waals surface area contributed by atoms with E-state index in [9.17, 15) is 24.8 Å². The van der Waals surface area contributed by atoms with Gasteiger partial charge >= 0.3 is 11.9 Å². The lowest BCUT2D eigenvalue weighted by Gasteiger charge is -2.41. The van der Waals surface area contributed by atoms with Crippen LogP contribution in [-0.2, 0) is 20.9 Å². The second-order valence-electron chi connectivity index (χ2n) is 10.1. The lowest BCUT2D eigenvalue weighted by Crippen LogP contribution is -2.53. The van der Waals surface area contributed by atoms with Crippen molar-refractivity contribution in [1.82, 2.24) is 5.32 Å². The molecule has 2 N–H and O–H groups in total. The van der Waals surface area contributed by atoms with Crippen molar-refractivity contribution in [3.05, 3.63) is 98.4 Å².